The Balaban J connectivity index is 1.54. The molecule has 3 saturated carbocycles. The number of carbonyl (C=O) groups is 3. The van der Waals surface area contributed by atoms with E-state index in [0.29, 0.717) is 75.5 Å². The van der Waals surface area contributed by atoms with Crippen molar-refractivity contribution in [1.29, 1.82) is 0 Å². The number of carboxylic acid groups (broad SMARTS) is 3. The fourth-order valence-electron chi connectivity index (χ4n) is 6.18. The molecular weight excluding hydrogens is 515 g/mol. The lowest BCUT2D eigenvalue weighted by Gasteiger charge is -2.36. The van der Waals surface area contributed by atoms with Crippen LogP contribution in [0.5, 0.6) is 0 Å². The lowest BCUT2D eigenvalue weighted by molar-refractivity contribution is -0.138. The first-order chi connectivity index (χ1) is 18.1. The van der Waals surface area contributed by atoms with Crippen molar-refractivity contribution < 1.29 is 47.8 Å². The summed E-state index contributed by atoms with van der Waals surface area (Å²) in [5, 5.41) is 26.9. The summed E-state index contributed by atoms with van der Waals surface area (Å²) in [5.74, 6) is -1.38. The van der Waals surface area contributed by atoms with Crippen molar-refractivity contribution in [2.75, 3.05) is 0 Å². The molecule has 0 atom stereocenters. The predicted molar refractivity (Wildman–Crippen MR) is 139 cm³/mol. The van der Waals surface area contributed by atoms with Gasteiger partial charge in [-0.15, -0.1) is 0 Å². The Hall–Kier alpha value is -1.48. The largest absolute Gasteiger partial charge is 0.481 e. The maximum atomic E-state index is 14.0. The van der Waals surface area contributed by atoms with Gasteiger partial charge >= 0.3 is 25.7 Å². The van der Waals surface area contributed by atoms with Crippen molar-refractivity contribution >= 4 is 25.7 Å². The first kappa shape index (κ1) is 31.1. The second kappa shape index (κ2) is 15.3. The van der Waals surface area contributed by atoms with Crippen molar-refractivity contribution in [2.24, 2.45) is 17.8 Å². The van der Waals surface area contributed by atoms with Crippen LogP contribution in [-0.4, -0.2) is 51.5 Å². The quantitative estimate of drug-likeness (QED) is 0.191. The Labute approximate surface area is 225 Å². The van der Waals surface area contributed by atoms with E-state index in [1.165, 1.54) is 0 Å². The minimum absolute atomic E-state index is 0.158. The van der Waals surface area contributed by atoms with E-state index in [-0.39, 0.29) is 37.6 Å². The molecule has 0 aromatic rings. The lowest BCUT2D eigenvalue weighted by Crippen LogP contribution is -2.28. The minimum atomic E-state index is -3.86. The van der Waals surface area contributed by atoms with Crippen molar-refractivity contribution in [2.45, 2.75) is 134 Å². The van der Waals surface area contributed by atoms with Crippen LogP contribution in [-0.2, 0) is 32.5 Å². The lowest BCUT2D eigenvalue weighted by atomic mass is 9.85. The normalized spacial score (nSPS) is 31.8. The van der Waals surface area contributed by atoms with E-state index in [4.69, 9.17) is 28.9 Å². The maximum Gasteiger partial charge on any atom is 0.475 e. The van der Waals surface area contributed by atoms with Crippen molar-refractivity contribution in [1.82, 2.24) is 0 Å². The summed E-state index contributed by atoms with van der Waals surface area (Å²) in [5.41, 5.74) is 0. The molecule has 11 heteroatoms. The maximum absolute atomic E-state index is 14.0. The van der Waals surface area contributed by atoms with Crippen LogP contribution in [0.2, 0.25) is 0 Å². The van der Waals surface area contributed by atoms with Crippen LogP contribution in [0.1, 0.15) is 116 Å². The van der Waals surface area contributed by atoms with Crippen molar-refractivity contribution in [3.63, 3.8) is 0 Å². The van der Waals surface area contributed by atoms with Gasteiger partial charge in [0.05, 0.1) is 18.3 Å². The highest BCUT2D eigenvalue weighted by Gasteiger charge is 2.40. The molecule has 0 aromatic heterocycles. The van der Waals surface area contributed by atoms with Gasteiger partial charge in [-0.2, -0.15) is 0 Å². The van der Waals surface area contributed by atoms with Gasteiger partial charge in [0, 0.05) is 19.3 Å². The number of hydrogen-bond donors (Lipinski definition) is 3. The summed E-state index contributed by atoms with van der Waals surface area (Å²) >= 11 is 0. The molecule has 0 saturated heterocycles. The monoisotopic (exact) mass is 560 g/mol. The molecule has 0 unspecified atom stereocenters. The summed E-state index contributed by atoms with van der Waals surface area (Å²) in [6.07, 6.45) is 10.6. The number of hydrogen-bond acceptors (Lipinski definition) is 7. The molecule has 38 heavy (non-hydrogen) atoms. The van der Waals surface area contributed by atoms with Gasteiger partial charge in [-0.25, -0.2) is 4.57 Å². The minimum Gasteiger partial charge on any atom is -0.481 e. The summed E-state index contributed by atoms with van der Waals surface area (Å²) in [4.78, 5) is 32.7. The van der Waals surface area contributed by atoms with Gasteiger partial charge in [-0.3, -0.25) is 28.0 Å². The van der Waals surface area contributed by atoms with Crippen LogP contribution in [0, 0.1) is 17.8 Å². The van der Waals surface area contributed by atoms with E-state index in [0.717, 1.165) is 38.5 Å². The summed E-state index contributed by atoms with van der Waals surface area (Å²) < 4.78 is 32.3. The number of phosphoric ester groups is 1. The highest BCUT2D eigenvalue weighted by Crippen LogP contribution is 2.57. The van der Waals surface area contributed by atoms with Crippen LogP contribution in [0.4, 0.5) is 0 Å². The molecule has 0 heterocycles. The van der Waals surface area contributed by atoms with Crippen LogP contribution >= 0.6 is 7.82 Å². The zero-order valence-electron chi connectivity index (χ0n) is 22.3. The zero-order chi connectivity index (χ0) is 27.5. The third-order valence-electron chi connectivity index (χ3n) is 8.52. The molecule has 0 aliphatic heterocycles. The van der Waals surface area contributed by atoms with Crippen LogP contribution < -0.4 is 0 Å². The first-order valence-electron chi connectivity index (χ1n) is 14.4. The first-order valence-corrected chi connectivity index (χ1v) is 15.9. The fraction of sp³-hybridized carbons (Fsp3) is 0.889. The van der Waals surface area contributed by atoms with Gasteiger partial charge < -0.3 is 15.3 Å². The molecular formula is C27H45O10P. The van der Waals surface area contributed by atoms with E-state index in [1.54, 1.807) is 0 Å². The molecule has 3 aliphatic rings. The molecule has 0 amide bonds. The van der Waals surface area contributed by atoms with Crippen molar-refractivity contribution in [3.8, 4) is 0 Å². The molecule has 0 bridgehead atoms. The van der Waals surface area contributed by atoms with Gasteiger partial charge in [0.1, 0.15) is 0 Å². The highest BCUT2D eigenvalue weighted by atomic mass is 31.2. The van der Waals surface area contributed by atoms with Gasteiger partial charge in [-0.1, -0.05) is 0 Å². The standard InChI is InChI=1S/C27H45O10P/c28-25(29)16-7-19-1-10-22(11-2-19)35-38(34,36-23-12-3-20(4-13-23)8-17-26(30)31)37-24-14-5-21(6-15-24)9-18-27(32)33/h19-24H,1-18H2,(H,28,29)(H,30,31)(H,32,33). The van der Waals surface area contributed by atoms with E-state index in [2.05, 4.69) is 0 Å². The Kier molecular flexibility index (Phi) is 12.5. The van der Waals surface area contributed by atoms with E-state index in [9.17, 15) is 18.9 Å². The predicted octanol–water partition coefficient (Wildman–Crippen LogP) is 6.42. The molecule has 218 valence electrons. The molecule has 3 rings (SSSR count). The summed E-state index contributed by atoms with van der Waals surface area (Å²) in [6, 6.07) is 0. The van der Waals surface area contributed by atoms with E-state index in [1.807, 2.05) is 0 Å². The van der Waals surface area contributed by atoms with Gasteiger partial charge in [0.15, 0.2) is 0 Å². The molecule has 0 aromatic carbocycles. The fourth-order valence-corrected chi connectivity index (χ4v) is 8.06. The Morgan fingerprint density at radius 3 is 0.947 bits per heavy atom. The van der Waals surface area contributed by atoms with Crippen LogP contribution in [0.15, 0.2) is 0 Å². The zero-order valence-corrected chi connectivity index (χ0v) is 23.2. The highest BCUT2D eigenvalue weighted by molar-refractivity contribution is 7.48. The molecule has 3 N–H and O–H groups in total. The average Bonchev–Trinajstić information content (AvgIpc) is 2.87. The molecule has 3 aliphatic carbocycles. The van der Waals surface area contributed by atoms with Crippen molar-refractivity contribution in [3.05, 3.63) is 0 Å². The van der Waals surface area contributed by atoms with Crippen LogP contribution in [0.25, 0.3) is 0 Å². The van der Waals surface area contributed by atoms with Gasteiger partial charge in [0.2, 0.25) is 0 Å². The Bertz CT molecular complexity index is 704. The molecule has 3 fully saturated rings. The number of phosphoric acid groups is 1. The third kappa shape index (κ3) is 11.3. The Morgan fingerprint density at radius 2 is 0.737 bits per heavy atom. The SMILES string of the molecule is O=C(O)CCC1CCC(OP(=O)(OC2CCC(CCC(=O)O)CC2)OC2CCC(CCC(=O)O)CC2)CC1. The van der Waals surface area contributed by atoms with E-state index < -0.39 is 25.7 Å². The molecule has 0 spiro atoms. The van der Waals surface area contributed by atoms with Gasteiger partial charge in [-0.05, 0) is 114 Å². The molecule has 0 radical (unpaired) electrons. The smallest absolute Gasteiger partial charge is 0.475 e. The second-order valence-electron chi connectivity index (χ2n) is 11.5. The number of carboxylic acids is 3. The van der Waals surface area contributed by atoms with E-state index >= 15 is 0 Å². The topological polar surface area (TPSA) is 157 Å². The summed E-state index contributed by atoms with van der Waals surface area (Å²) in [6.45, 7) is 0. The Morgan fingerprint density at radius 1 is 0.500 bits per heavy atom. The summed E-state index contributed by atoms with van der Waals surface area (Å²) in [7, 11) is -3.86. The number of aliphatic carboxylic acids is 3. The average molecular weight is 561 g/mol. The molecule has 10 nitrogen and oxygen atoms in total. The third-order valence-corrected chi connectivity index (χ3v) is 10.2. The second-order valence-corrected chi connectivity index (χ2v) is 13.0. The number of rotatable bonds is 15. The van der Waals surface area contributed by atoms with Gasteiger partial charge in [0.25, 0.3) is 0 Å². The van der Waals surface area contributed by atoms with Crippen LogP contribution in [0.3, 0.4) is 0 Å².